The molecule has 1 heterocycles. The summed E-state index contributed by atoms with van der Waals surface area (Å²) in [6, 6.07) is 6.77. The molecule has 1 aromatic carbocycles. The zero-order valence-corrected chi connectivity index (χ0v) is 12.3. The third-order valence-electron chi connectivity index (χ3n) is 3.59. The van der Waals surface area contributed by atoms with E-state index >= 15 is 0 Å². The van der Waals surface area contributed by atoms with Gasteiger partial charge in [-0.2, -0.15) is 0 Å². The van der Waals surface area contributed by atoms with Crippen molar-refractivity contribution in [2.75, 3.05) is 20.6 Å². The van der Waals surface area contributed by atoms with Crippen LogP contribution in [0.25, 0.3) is 11.0 Å². The van der Waals surface area contributed by atoms with Crippen LogP contribution in [0.4, 0.5) is 0 Å². The molecule has 0 saturated heterocycles. The molecule has 0 fully saturated rings. The minimum atomic E-state index is 0.333. The summed E-state index contributed by atoms with van der Waals surface area (Å²) in [5, 5.41) is 0. The van der Waals surface area contributed by atoms with Crippen LogP contribution >= 0.6 is 0 Å². The first kappa shape index (κ1) is 14.0. The second-order valence-electron chi connectivity index (χ2n) is 5.29. The largest absolute Gasteiger partial charge is 0.329 e. The van der Waals surface area contributed by atoms with Crippen molar-refractivity contribution in [3.63, 3.8) is 0 Å². The van der Waals surface area contributed by atoms with Gasteiger partial charge in [0.05, 0.1) is 17.1 Å². The molecule has 1 atom stereocenters. The highest BCUT2D eigenvalue weighted by Gasteiger charge is 2.20. The van der Waals surface area contributed by atoms with E-state index < -0.39 is 0 Å². The zero-order valence-electron chi connectivity index (χ0n) is 12.3. The van der Waals surface area contributed by atoms with E-state index in [-0.39, 0.29) is 0 Å². The number of aromatic nitrogens is 2. The molecule has 104 valence electrons. The van der Waals surface area contributed by atoms with Crippen molar-refractivity contribution in [2.45, 2.75) is 32.9 Å². The van der Waals surface area contributed by atoms with Gasteiger partial charge in [-0.05, 0) is 45.1 Å². The van der Waals surface area contributed by atoms with Gasteiger partial charge in [0.1, 0.15) is 5.82 Å². The van der Waals surface area contributed by atoms with Crippen LogP contribution in [0.1, 0.15) is 30.8 Å². The number of nitrogens with two attached hydrogens (primary N) is 1. The van der Waals surface area contributed by atoms with E-state index in [0.29, 0.717) is 12.6 Å². The molecule has 0 aliphatic carbocycles. The van der Waals surface area contributed by atoms with Crippen molar-refractivity contribution in [3.05, 3.63) is 29.6 Å². The predicted octanol–water partition coefficient (Wildman–Crippen LogP) is 2.32. The molecule has 1 aromatic heterocycles. The van der Waals surface area contributed by atoms with E-state index in [1.165, 1.54) is 11.1 Å². The Kier molecular flexibility index (Phi) is 4.22. The number of benzene rings is 1. The molecule has 2 rings (SSSR count). The molecule has 0 saturated carbocycles. The maximum atomic E-state index is 5.77. The van der Waals surface area contributed by atoms with Crippen molar-refractivity contribution in [1.82, 2.24) is 14.5 Å². The molecule has 19 heavy (non-hydrogen) atoms. The van der Waals surface area contributed by atoms with E-state index in [2.05, 4.69) is 55.6 Å². The van der Waals surface area contributed by atoms with Gasteiger partial charge in [-0.3, -0.25) is 4.90 Å². The first-order chi connectivity index (χ1) is 9.08. The highest BCUT2D eigenvalue weighted by Crippen LogP contribution is 2.26. The Labute approximate surface area is 115 Å². The van der Waals surface area contributed by atoms with E-state index in [0.717, 1.165) is 24.3 Å². The number of imidazole rings is 1. The van der Waals surface area contributed by atoms with Crippen molar-refractivity contribution < 1.29 is 0 Å². The fourth-order valence-electron chi connectivity index (χ4n) is 2.66. The molecule has 4 nitrogen and oxygen atoms in total. The van der Waals surface area contributed by atoms with Crippen LogP contribution in [0.2, 0.25) is 0 Å². The Morgan fingerprint density at radius 3 is 2.68 bits per heavy atom. The number of hydrogen-bond donors (Lipinski definition) is 1. The van der Waals surface area contributed by atoms with Gasteiger partial charge < -0.3 is 10.3 Å². The summed E-state index contributed by atoms with van der Waals surface area (Å²) in [6.45, 7) is 5.75. The average Bonchev–Trinajstić information content (AvgIpc) is 2.68. The first-order valence-corrected chi connectivity index (χ1v) is 6.91. The Hall–Kier alpha value is -1.39. The first-order valence-electron chi connectivity index (χ1n) is 6.91. The van der Waals surface area contributed by atoms with Crippen LogP contribution in [0.15, 0.2) is 18.2 Å². The van der Waals surface area contributed by atoms with Crippen LogP contribution in [-0.2, 0) is 6.54 Å². The molecule has 4 heteroatoms. The Balaban J connectivity index is 2.61. The lowest BCUT2D eigenvalue weighted by molar-refractivity contribution is 0.273. The highest BCUT2D eigenvalue weighted by molar-refractivity contribution is 5.77. The molecule has 0 spiro atoms. The predicted molar refractivity (Wildman–Crippen MR) is 80.2 cm³/mol. The van der Waals surface area contributed by atoms with Crippen LogP contribution in [0.5, 0.6) is 0 Å². The van der Waals surface area contributed by atoms with E-state index in [1.807, 2.05) is 0 Å². The van der Waals surface area contributed by atoms with E-state index in [4.69, 9.17) is 10.7 Å². The normalized spacial score (nSPS) is 13.4. The monoisotopic (exact) mass is 260 g/mol. The Morgan fingerprint density at radius 1 is 1.37 bits per heavy atom. The maximum Gasteiger partial charge on any atom is 0.127 e. The molecule has 0 aliphatic rings. The SMILES string of the molecule is CCC(c1nc2cc(C)ccc2n1CCN)N(C)C. The molecule has 2 N–H and O–H groups in total. The van der Waals surface area contributed by atoms with Crippen LogP contribution in [0, 0.1) is 6.92 Å². The number of fused-ring (bicyclic) bond motifs is 1. The van der Waals surface area contributed by atoms with Crippen molar-refractivity contribution in [2.24, 2.45) is 5.73 Å². The summed E-state index contributed by atoms with van der Waals surface area (Å²) in [4.78, 5) is 7.07. The van der Waals surface area contributed by atoms with Gasteiger partial charge in [0, 0.05) is 13.1 Å². The van der Waals surface area contributed by atoms with E-state index in [1.54, 1.807) is 0 Å². The van der Waals surface area contributed by atoms with Gasteiger partial charge in [-0.1, -0.05) is 13.0 Å². The van der Waals surface area contributed by atoms with Crippen LogP contribution < -0.4 is 5.73 Å². The maximum absolute atomic E-state index is 5.77. The molecular formula is C15H24N4. The summed E-state index contributed by atoms with van der Waals surface area (Å²) >= 11 is 0. The lowest BCUT2D eigenvalue weighted by atomic mass is 10.2. The van der Waals surface area contributed by atoms with Gasteiger partial charge in [0.25, 0.3) is 0 Å². The quantitative estimate of drug-likeness (QED) is 0.897. The zero-order chi connectivity index (χ0) is 14.0. The number of aryl methyl sites for hydroxylation is 1. The molecule has 0 aliphatic heterocycles. The third kappa shape index (κ3) is 2.65. The topological polar surface area (TPSA) is 47.1 Å². The van der Waals surface area contributed by atoms with E-state index in [9.17, 15) is 0 Å². The van der Waals surface area contributed by atoms with Crippen molar-refractivity contribution in [3.8, 4) is 0 Å². The second kappa shape index (κ2) is 5.72. The van der Waals surface area contributed by atoms with Gasteiger partial charge in [0.2, 0.25) is 0 Å². The van der Waals surface area contributed by atoms with Crippen LogP contribution in [-0.4, -0.2) is 35.1 Å². The molecule has 0 radical (unpaired) electrons. The fourth-order valence-corrected chi connectivity index (χ4v) is 2.66. The Morgan fingerprint density at radius 2 is 2.11 bits per heavy atom. The minimum Gasteiger partial charge on any atom is -0.329 e. The Bertz CT molecular complexity index is 557. The summed E-state index contributed by atoms with van der Waals surface area (Å²) in [6.07, 6.45) is 1.04. The molecule has 1 unspecified atom stereocenters. The number of nitrogens with zero attached hydrogens (tertiary/aromatic N) is 3. The minimum absolute atomic E-state index is 0.333. The van der Waals surface area contributed by atoms with Crippen LogP contribution in [0.3, 0.4) is 0 Å². The highest BCUT2D eigenvalue weighted by atomic mass is 15.2. The lowest BCUT2D eigenvalue weighted by Crippen LogP contribution is -2.24. The average molecular weight is 260 g/mol. The van der Waals surface area contributed by atoms with Gasteiger partial charge in [-0.25, -0.2) is 4.98 Å². The molecule has 0 amide bonds. The van der Waals surface area contributed by atoms with Crippen molar-refractivity contribution >= 4 is 11.0 Å². The summed E-state index contributed by atoms with van der Waals surface area (Å²) in [5.41, 5.74) is 9.27. The summed E-state index contributed by atoms with van der Waals surface area (Å²) in [5.74, 6) is 1.12. The van der Waals surface area contributed by atoms with Gasteiger partial charge in [-0.15, -0.1) is 0 Å². The molecular weight excluding hydrogens is 236 g/mol. The third-order valence-corrected chi connectivity index (χ3v) is 3.59. The fraction of sp³-hybridized carbons (Fsp3) is 0.533. The van der Waals surface area contributed by atoms with Gasteiger partial charge >= 0.3 is 0 Å². The molecule has 2 aromatic rings. The number of hydrogen-bond acceptors (Lipinski definition) is 3. The van der Waals surface area contributed by atoms with Crippen molar-refractivity contribution in [1.29, 1.82) is 0 Å². The number of rotatable bonds is 5. The standard InChI is InChI=1S/C15H24N4/c1-5-13(18(3)4)15-17-12-10-11(2)6-7-14(12)19(15)9-8-16/h6-7,10,13H,5,8-9,16H2,1-4H3. The van der Waals surface area contributed by atoms with Gasteiger partial charge in [0.15, 0.2) is 0 Å². The lowest BCUT2D eigenvalue weighted by Gasteiger charge is -2.23. The summed E-state index contributed by atoms with van der Waals surface area (Å²) in [7, 11) is 4.21. The molecule has 0 bridgehead atoms. The second-order valence-corrected chi connectivity index (χ2v) is 5.29. The smallest absolute Gasteiger partial charge is 0.127 e. The summed E-state index contributed by atoms with van der Waals surface area (Å²) < 4.78 is 2.27.